The monoisotopic (exact) mass is 495 g/mol. The van der Waals surface area contributed by atoms with E-state index in [-0.39, 0.29) is 11.6 Å². The highest BCUT2D eigenvalue weighted by atomic mass is 19.1. The molecule has 2 N–H and O–H groups in total. The van der Waals surface area contributed by atoms with E-state index in [9.17, 15) is 9.18 Å². The Morgan fingerprint density at radius 3 is 2.57 bits per heavy atom. The van der Waals surface area contributed by atoms with Crippen LogP contribution in [0.2, 0.25) is 0 Å². The van der Waals surface area contributed by atoms with Crippen LogP contribution in [0, 0.1) is 5.82 Å². The molecule has 1 aliphatic heterocycles. The van der Waals surface area contributed by atoms with E-state index in [1.165, 1.54) is 18.5 Å². The average Bonchev–Trinajstić information content (AvgIpc) is 3.38. The fourth-order valence-electron chi connectivity index (χ4n) is 4.33. The molecule has 184 valence electrons. The summed E-state index contributed by atoms with van der Waals surface area (Å²) >= 11 is 0. The van der Waals surface area contributed by atoms with Crippen molar-refractivity contribution < 1.29 is 13.9 Å². The Bertz CT molecular complexity index is 1580. The van der Waals surface area contributed by atoms with Gasteiger partial charge in [-0.25, -0.2) is 4.39 Å². The first kappa shape index (κ1) is 22.7. The number of morpholine rings is 1. The van der Waals surface area contributed by atoms with Crippen LogP contribution in [-0.2, 0) is 4.74 Å². The van der Waals surface area contributed by atoms with Crippen LogP contribution in [0.4, 0.5) is 15.8 Å². The lowest BCUT2D eigenvalue weighted by atomic mass is 10.0. The third-order valence-corrected chi connectivity index (χ3v) is 6.23. The number of carbonyl (C=O) groups excluding carboxylic acids is 1. The van der Waals surface area contributed by atoms with E-state index in [0.717, 1.165) is 41.6 Å². The molecule has 4 aromatic heterocycles. The number of nitrogens with one attached hydrogen (secondary N) is 2. The molecule has 10 heteroatoms. The molecule has 6 rings (SSSR count). The molecular formula is C27H22FN7O2. The highest BCUT2D eigenvalue weighted by Gasteiger charge is 2.17. The summed E-state index contributed by atoms with van der Waals surface area (Å²) in [5, 5.41) is 10.7. The molecule has 37 heavy (non-hydrogen) atoms. The number of amides is 1. The lowest BCUT2D eigenvalue weighted by Crippen LogP contribution is -2.36. The first-order chi connectivity index (χ1) is 18.1. The summed E-state index contributed by atoms with van der Waals surface area (Å²) < 4.78 is 18.9. The molecule has 5 heterocycles. The lowest BCUT2D eigenvalue weighted by Gasteiger charge is -2.28. The number of pyridine rings is 3. The van der Waals surface area contributed by atoms with Gasteiger partial charge in [0.25, 0.3) is 5.91 Å². The number of hydrogen-bond acceptors (Lipinski definition) is 7. The van der Waals surface area contributed by atoms with E-state index >= 15 is 0 Å². The van der Waals surface area contributed by atoms with Gasteiger partial charge in [-0.3, -0.25) is 24.8 Å². The lowest BCUT2D eigenvalue weighted by molar-refractivity contribution is 0.102. The smallest absolute Gasteiger partial charge is 0.276 e. The van der Waals surface area contributed by atoms with Crippen LogP contribution in [0.3, 0.4) is 0 Å². The number of rotatable bonds is 5. The minimum absolute atomic E-state index is 0.271. The second kappa shape index (κ2) is 9.75. The topological polar surface area (TPSA) is 109 Å². The molecule has 9 nitrogen and oxygen atoms in total. The van der Waals surface area contributed by atoms with Gasteiger partial charge >= 0.3 is 0 Å². The van der Waals surface area contributed by atoms with Crippen LogP contribution >= 0.6 is 0 Å². The zero-order valence-corrected chi connectivity index (χ0v) is 19.7. The van der Waals surface area contributed by atoms with Gasteiger partial charge in [-0.1, -0.05) is 6.07 Å². The Morgan fingerprint density at radius 1 is 0.919 bits per heavy atom. The Balaban J connectivity index is 1.24. The van der Waals surface area contributed by atoms with Gasteiger partial charge in [-0.15, -0.1) is 0 Å². The summed E-state index contributed by atoms with van der Waals surface area (Å²) in [7, 11) is 0. The molecule has 0 bridgehead atoms. The highest BCUT2D eigenvalue weighted by molar-refractivity contribution is 6.11. The van der Waals surface area contributed by atoms with Gasteiger partial charge in [0.1, 0.15) is 5.82 Å². The fourth-order valence-corrected chi connectivity index (χ4v) is 4.33. The van der Waals surface area contributed by atoms with E-state index in [4.69, 9.17) is 4.74 Å². The first-order valence-electron chi connectivity index (χ1n) is 11.8. The van der Waals surface area contributed by atoms with E-state index in [1.807, 2.05) is 30.6 Å². The highest BCUT2D eigenvalue weighted by Crippen LogP contribution is 2.28. The molecule has 0 radical (unpaired) electrons. The Labute approximate surface area is 211 Å². The van der Waals surface area contributed by atoms with Crippen molar-refractivity contribution in [2.24, 2.45) is 0 Å². The van der Waals surface area contributed by atoms with Gasteiger partial charge < -0.3 is 15.0 Å². The summed E-state index contributed by atoms with van der Waals surface area (Å²) in [6.07, 6.45) is 7.85. The van der Waals surface area contributed by atoms with Crippen molar-refractivity contribution in [1.82, 2.24) is 25.1 Å². The summed E-state index contributed by atoms with van der Waals surface area (Å²) in [5.41, 5.74) is 5.53. The van der Waals surface area contributed by atoms with Crippen LogP contribution in [-0.4, -0.2) is 57.4 Å². The maximum absolute atomic E-state index is 13.5. The molecule has 1 aliphatic rings. The van der Waals surface area contributed by atoms with Crippen LogP contribution in [0.15, 0.2) is 73.4 Å². The van der Waals surface area contributed by atoms with Crippen molar-refractivity contribution in [1.29, 1.82) is 0 Å². The Morgan fingerprint density at radius 2 is 1.76 bits per heavy atom. The van der Waals surface area contributed by atoms with Crippen molar-refractivity contribution in [3.05, 3.63) is 85.0 Å². The number of carbonyl (C=O) groups is 1. The molecule has 1 fully saturated rings. The predicted octanol–water partition coefficient (Wildman–Crippen LogP) is 4.31. The van der Waals surface area contributed by atoms with Crippen molar-refractivity contribution in [2.45, 2.75) is 0 Å². The Kier molecular flexibility index (Phi) is 5.99. The van der Waals surface area contributed by atoms with Gasteiger partial charge in [0.15, 0.2) is 5.69 Å². The third-order valence-electron chi connectivity index (χ3n) is 6.23. The minimum Gasteiger partial charge on any atom is -0.378 e. The summed E-state index contributed by atoms with van der Waals surface area (Å²) in [5.74, 6) is -0.810. The molecule has 0 aliphatic carbocycles. The average molecular weight is 496 g/mol. The van der Waals surface area contributed by atoms with Crippen LogP contribution in [0.25, 0.3) is 33.3 Å². The number of ether oxygens (including phenoxy) is 1. The van der Waals surface area contributed by atoms with Crippen molar-refractivity contribution in [3.63, 3.8) is 0 Å². The van der Waals surface area contributed by atoms with Crippen molar-refractivity contribution in [2.75, 3.05) is 36.5 Å². The van der Waals surface area contributed by atoms with Crippen LogP contribution in [0.5, 0.6) is 0 Å². The number of nitrogens with zero attached hydrogens (tertiary/aromatic N) is 5. The molecule has 0 spiro atoms. The first-order valence-corrected chi connectivity index (χ1v) is 11.8. The van der Waals surface area contributed by atoms with Crippen LogP contribution in [0.1, 0.15) is 10.5 Å². The molecule has 1 amide bonds. The molecule has 0 atom stereocenters. The predicted molar refractivity (Wildman–Crippen MR) is 138 cm³/mol. The van der Waals surface area contributed by atoms with Gasteiger partial charge in [-0.05, 0) is 42.0 Å². The van der Waals surface area contributed by atoms with Crippen LogP contribution < -0.4 is 10.2 Å². The third kappa shape index (κ3) is 4.74. The number of anilines is 2. The fraction of sp³-hybridized carbons (Fsp3) is 0.148. The van der Waals surface area contributed by atoms with Crippen molar-refractivity contribution in [3.8, 4) is 22.4 Å². The maximum atomic E-state index is 13.5. The molecule has 0 saturated carbocycles. The van der Waals surface area contributed by atoms with E-state index in [2.05, 4.69) is 41.4 Å². The zero-order valence-electron chi connectivity index (χ0n) is 19.7. The summed E-state index contributed by atoms with van der Waals surface area (Å²) in [6.45, 7) is 3.05. The molecular weight excluding hydrogens is 473 g/mol. The molecule has 0 unspecified atom stereocenters. The van der Waals surface area contributed by atoms with Crippen molar-refractivity contribution >= 4 is 28.2 Å². The maximum Gasteiger partial charge on any atom is 0.276 e. The quantitative estimate of drug-likeness (QED) is 0.374. The largest absolute Gasteiger partial charge is 0.378 e. The number of halogens is 1. The zero-order chi connectivity index (χ0) is 25.2. The number of hydrogen-bond donors (Lipinski definition) is 2. The Hall–Kier alpha value is -4.70. The standard InChI is InChI=1S/C27H22FN7O2/c28-20-9-19(13-29-14-20)24-4-2-21(15-31-24)32-27(36)26-23-11-17(1-3-25(23)33-34-26)18-10-22(16-30-12-18)35-5-7-37-8-6-35/h1-4,9-16H,5-8H2,(H,32,36)(H,33,34). The van der Waals surface area contributed by atoms with E-state index in [1.54, 1.807) is 12.1 Å². The van der Waals surface area contributed by atoms with E-state index in [0.29, 0.717) is 35.5 Å². The number of H-pyrrole nitrogens is 1. The number of fused-ring (bicyclic) bond motifs is 1. The molecule has 1 aromatic carbocycles. The van der Waals surface area contributed by atoms with Gasteiger partial charge in [0.2, 0.25) is 0 Å². The summed E-state index contributed by atoms with van der Waals surface area (Å²) in [4.78, 5) is 27.9. The summed E-state index contributed by atoms with van der Waals surface area (Å²) in [6, 6.07) is 12.7. The minimum atomic E-state index is -0.440. The normalized spacial score (nSPS) is 13.6. The second-order valence-electron chi connectivity index (χ2n) is 8.64. The van der Waals surface area contributed by atoms with Gasteiger partial charge in [0.05, 0.1) is 54.4 Å². The SMILES string of the molecule is O=C(Nc1ccc(-c2cncc(F)c2)nc1)c1n[nH]c2ccc(-c3cncc(N4CCOCC4)c3)cc12. The number of aromatic amines is 1. The number of benzene rings is 1. The second-order valence-corrected chi connectivity index (χ2v) is 8.64. The van der Waals surface area contributed by atoms with E-state index < -0.39 is 5.82 Å². The van der Waals surface area contributed by atoms with Gasteiger partial charge in [-0.2, -0.15) is 5.10 Å². The molecule has 5 aromatic rings. The number of aromatic nitrogens is 5. The molecule has 1 saturated heterocycles. The van der Waals surface area contributed by atoms with Gasteiger partial charge in [0, 0.05) is 42.0 Å².